The predicted octanol–water partition coefficient (Wildman–Crippen LogP) is 4.18. The summed E-state index contributed by atoms with van der Waals surface area (Å²) >= 11 is 0. The standard InChI is InChI=1S/C22H35FN2O4/c1-14-6-7-16(12-20(14)29-2)18-13-19(15-8-10-17(23)11-9-15)25(24-18)21(26)4-3-5-22(27)28/h14-17,19-20H,3-13H2,1-2H3,(H,27,28). The third-order valence-electron chi connectivity index (χ3n) is 7.15. The van der Waals surface area contributed by atoms with Gasteiger partial charge in [-0.25, -0.2) is 9.40 Å². The van der Waals surface area contributed by atoms with Crippen molar-refractivity contribution >= 4 is 17.6 Å². The van der Waals surface area contributed by atoms with Crippen molar-refractivity contribution < 1.29 is 23.8 Å². The Morgan fingerprint density at radius 3 is 2.55 bits per heavy atom. The van der Waals surface area contributed by atoms with Crippen molar-refractivity contribution in [2.75, 3.05) is 7.11 Å². The molecule has 4 atom stereocenters. The van der Waals surface area contributed by atoms with Crippen LogP contribution in [0, 0.1) is 17.8 Å². The molecule has 29 heavy (non-hydrogen) atoms. The van der Waals surface area contributed by atoms with Crippen LogP contribution >= 0.6 is 0 Å². The third-order valence-corrected chi connectivity index (χ3v) is 7.15. The molecule has 164 valence electrons. The van der Waals surface area contributed by atoms with Crippen LogP contribution in [0.4, 0.5) is 4.39 Å². The third kappa shape index (κ3) is 5.56. The molecule has 1 N–H and O–H groups in total. The largest absolute Gasteiger partial charge is 0.481 e. The summed E-state index contributed by atoms with van der Waals surface area (Å²) in [6.45, 7) is 2.22. The fraction of sp³-hybridized carbons (Fsp3) is 0.864. The van der Waals surface area contributed by atoms with E-state index >= 15 is 0 Å². The molecule has 0 saturated heterocycles. The van der Waals surface area contributed by atoms with Gasteiger partial charge in [-0.05, 0) is 63.2 Å². The molecule has 0 aromatic rings. The van der Waals surface area contributed by atoms with E-state index in [9.17, 15) is 14.0 Å². The van der Waals surface area contributed by atoms with E-state index in [2.05, 4.69) is 6.92 Å². The summed E-state index contributed by atoms with van der Waals surface area (Å²) in [7, 11) is 1.76. The predicted molar refractivity (Wildman–Crippen MR) is 108 cm³/mol. The Hall–Kier alpha value is -1.50. The number of alkyl halides is 1. The number of rotatable bonds is 7. The van der Waals surface area contributed by atoms with Crippen LogP contribution in [0.25, 0.3) is 0 Å². The number of carboxylic acids is 1. The van der Waals surface area contributed by atoms with Gasteiger partial charge in [-0.2, -0.15) is 5.10 Å². The summed E-state index contributed by atoms with van der Waals surface area (Å²) in [5, 5.41) is 15.3. The molecule has 7 heteroatoms. The average molecular weight is 411 g/mol. The molecular formula is C22H35FN2O4. The van der Waals surface area contributed by atoms with Crippen LogP contribution < -0.4 is 0 Å². The first kappa shape index (κ1) is 22.2. The summed E-state index contributed by atoms with van der Waals surface area (Å²) in [4.78, 5) is 23.7. The Bertz CT molecular complexity index is 618. The monoisotopic (exact) mass is 410 g/mol. The highest BCUT2D eigenvalue weighted by atomic mass is 19.1. The van der Waals surface area contributed by atoms with Crippen LogP contribution in [-0.4, -0.2) is 53.1 Å². The van der Waals surface area contributed by atoms with Gasteiger partial charge < -0.3 is 9.84 Å². The van der Waals surface area contributed by atoms with Gasteiger partial charge >= 0.3 is 5.97 Å². The van der Waals surface area contributed by atoms with Gasteiger partial charge in [0, 0.05) is 38.0 Å². The van der Waals surface area contributed by atoms with E-state index in [1.807, 2.05) is 0 Å². The zero-order valence-corrected chi connectivity index (χ0v) is 17.7. The van der Waals surface area contributed by atoms with E-state index < -0.39 is 12.1 Å². The van der Waals surface area contributed by atoms with E-state index in [4.69, 9.17) is 14.9 Å². The van der Waals surface area contributed by atoms with E-state index in [0.29, 0.717) is 31.1 Å². The number of aliphatic carboxylic acids is 1. The first-order valence-corrected chi connectivity index (χ1v) is 11.2. The fourth-order valence-electron chi connectivity index (χ4n) is 5.29. The maximum Gasteiger partial charge on any atom is 0.303 e. The fourth-order valence-corrected chi connectivity index (χ4v) is 5.29. The molecule has 0 radical (unpaired) electrons. The number of nitrogens with zero attached hydrogens (tertiary/aromatic N) is 2. The Kier molecular flexibility index (Phi) is 7.66. The molecular weight excluding hydrogens is 375 g/mol. The van der Waals surface area contributed by atoms with E-state index in [1.54, 1.807) is 12.1 Å². The number of hydrazone groups is 1. The van der Waals surface area contributed by atoms with Crippen molar-refractivity contribution in [2.24, 2.45) is 22.9 Å². The van der Waals surface area contributed by atoms with Crippen molar-refractivity contribution in [3.05, 3.63) is 0 Å². The van der Waals surface area contributed by atoms with Gasteiger partial charge in [-0.15, -0.1) is 0 Å². The molecule has 4 unspecified atom stereocenters. The molecule has 2 fully saturated rings. The normalized spacial score (nSPS) is 35.4. The van der Waals surface area contributed by atoms with Crippen molar-refractivity contribution in [1.82, 2.24) is 5.01 Å². The molecule has 1 heterocycles. The highest BCUT2D eigenvalue weighted by molar-refractivity contribution is 5.92. The first-order chi connectivity index (χ1) is 13.9. The SMILES string of the molecule is COC1CC(C2=NN(C(=O)CCCC(=O)O)C(C3CCC(F)CC3)C2)CCC1C. The first-order valence-electron chi connectivity index (χ1n) is 11.2. The minimum atomic E-state index is -0.886. The summed E-state index contributed by atoms with van der Waals surface area (Å²) < 4.78 is 19.3. The lowest BCUT2D eigenvalue weighted by Gasteiger charge is -2.34. The zero-order valence-electron chi connectivity index (χ0n) is 17.7. The van der Waals surface area contributed by atoms with Crippen LogP contribution in [-0.2, 0) is 14.3 Å². The Morgan fingerprint density at radius 1 is 1.17 bits per heavy atom. The second-order valence-corrected chi connectivity index (χ2v) is 9.12. The smallest absolute Gasteiger partial charge is 0.303 e. The van der Waals surface area contributed by atoms with Crippen molar-refractivity contribution in [1.29, 1.82) is 0 Å². The molecule has 6 nitrogen and oxygen atoms in total. The second-order valence-electron chi connectivity index (χ2n) is 9.12. The van der Waals surface area contributed by atoms with Crippen LogP contribution in [0.5, 0.6) is 0 Å². The van der Waals surface area contributed by atoms with Gasteiger partial charge in [0.1, 0.15) is 6.17 Å². The van der Waals surface area contributed by atoms with Gasteiger partial charge in [0.2, 0.25) is 5.91 Å². The quantitative estimate of drug-likeness (QED) is 0.683. The van der Waals surface area contributed by atoms with E-state index in [-0.39, 0.29) is 36.8 Å². The van der Waals surface area contributed by atoms with Gasteiger partial charge in [0.15, 0.2) is 0 Å². The number of carboxylic acid groups (broad SMARTS) is 1. The number of methoxy groups -OCH3 is 1. The van der Waals surface area contributed by atoms with Crippen LogP contribution in [0.2, 0.25) is 0 Å². The number of carbonyl (C=O) groups is 2. The summed E-state index contributed by atoms with van der Waals surface area (Å²) in [6, 6.07) is -0.00447. The van der Waals surface area contributed by atoms with Crippen LogP contribution in [0.15, 0.2) is 5.10 Å². The van der Waals surface area contributed by atoms with Crippen molar-refractivity contribution in [2.45, 2.75) is 95.9 Å². The second kappa shape index (κ2) is 10.0. The van der Waals surface area contributed by atoms with E-state index in [0.717, 1.165) is 44.2 Å². The van der Waals surface area contributed by atoms with E-state index in [1.165, 1.54) is 0 Å². The lowest BCUT2D eigenvalue weighted by molar-refractivity contribution is -0.137. The number of halogens is 1. The molecule has 3 aliphatic rings. The minimum absolute atomic E-state index is 0.00447. The Balaban J connectivity index is 1.70. The highest BCUT2D eigenvalue weighted by Gasteiger charge is 2.41. The Morgan fingerprint density at radius 2 is 1.90 bits per heavy atom. The minimum Gasteiger partial charge on any atom is -0.481 e. The Labute approximate surface area is 172 Å². The van der Waals surface area contributed by atoms with Gasteiger partial charge in [-0.3, -0.25) is 9.59 Å². The molecule has 0 aromatic heterocycles. The molecule has 1 amide bonds. The van der Waals surface area contributed by atoms with Crippen molar-refractivity contribution in [3.63, 3.8) is 0 Å². The molecule has 2 saturated carbocycles. The average Bonchev–Trinajstić information content (AvgIpc) is 3.14. The zero-order chi connectivity index (χ0) is 21.0. The van der Waals surface area contributed by atoms with Gasteiger partial charge in [-0.1, -0.05) is 6.92 Å². The molecule has 1 aliphatic heterocycles. The summed E-state index contributed by atoms with van der Waals surface area (Å²) in [5.41, 5.74) is 1.08. The number of ether oxygens (including phenoxy) is 1. The highest BCUT2D eigenvalue weighted by Crippen LogP contribution is 2.39. The van der Waals surface area contributed by atoms with Crippen molar-refractivity contribution in [3.8, 4) is 0 Å². The summed E-state index contributed by atoms with van der Waals surface area (Å²) in [5.74, 6) is 0.146. The van der Waals surface area contributed by atoms with Gasteiger partial charge in [0.05, 0.1) is 12.1 Å². The number of hydrogen-bond donors (Lipinski definition) is 1. The lowest BCUT2D eigenvalue weighted by atomic mass is 9.75. The number of carbonyl (C=O) groups excluding carboxylic acids is 1. The van der Waals surface area contributed by atoms with Crippen LogP contribution in [0.1, 0.15) is 77.6 Å². The number of amides is 1. The maximum atomic E-state index is 13.6. The molecule has 2 aliphatic carbocycles. The molecule has 3 rings (SSSR count). The van der Waals surface area contributed by atoms with Gasteiger partial charge in [0.25, 0.3) is 0 Å². The lowest BCUT2D eigenvalue weighted by Crippen LogP contribution is -2.40. The molecule has 0 bridgehead atoms. The summed E-state index contributed by atoms with van der Waals surface area (Å²) in [6.07, 6.45) is 6.55. The maximum absolute atomic E-state index is 13.6. The molecule has 0 spiro atoms. The number of hydrogen-bond acceptors (Lipinski definition) is 4. The topological polar surface area (TPSA) is 79.2 Å². The van der Waals surface area contributed by atoms with Crippen LogP contribution in [0.3, 0.4) is 0 Å². The molecule has 0 aromatic carbocycles.